The van der Waals surface area contributed by atoms with Gasteiger partial charge in [0.05, 0.1) is 13.0 Å². The van der Waals surface area contributed by atoms with E-state index in [1.165, 1.54) is 12.0 Å². The van der Waals surface area contributed by atoms with E-state index < -0.39 is 18.1 Å². The topological polar surface area (TPSA) is 105 Å². The molecule has 8 nitrogen and oxygen atoms in total. The van der Waals surface area contributed by atoms with Crippen LogP contribution in [0.3, 0.4) is 0 Å². The summed E-state index contributed by atoms with van der Waals surface area (Å²) >= 11 is 0. The van der Waals surface area contributed by atoms with Crippen LogP contribution in [0.5, 0.6) is 0 Å². The van der Waals surface area contributed by atoms with Crippen LogP contribution in [0.4, 0.5) is 4.79 Å². The number of carbonyl (C=O) groups is 3. The summed E-state index contributed by atoms with van der Waals surface area (Å²) in [5, 5.41) is 11.7. The van der Waals surface area contributed by atoms with E-state index in [0.29, 0.717) is 13.0 Å². The van der Waals surface area contributed by atoms with E-state index in [2.05, 4.69) is 17.4 Å². The monoisotopic (exact) mass is 452 g/mol. The average molecular weight is 453 g/mol. The number of carboxylic acids is 1. The number of benzene rings is 2. The van der Waals surface area contributed by atoms with Crippen molar-refractivity contribution in [2.24, 2.45) is 0 Å². The quantitative estimate of drug-likeness (QED) is 0.638. The highest BCUT2D eigenvalue weighted by Gasteiger charge is 2.35. The molecule has 4 rings (SSSR count). The van der Waals surface area contributed by atoms with Gasteiger partial charge in [0.25, 0.3) is 0 Å². The highest BCUT2D eigenvalue weighted by atomic mass is 16.5. The number of hydrogen-bond acceptors (Lipinski definition) is 5. The van der Waals surface area contributed by atoms with E-state index in [4.69, 9.17) is 14.6 Å². The molecule has 2 aromatic rings. The third kappa shape index (κ3) is 4.85. The lowest BCUT2D eigenvalue weighted by Crippen LogP contribution is -2.52. The molecule has 2 aliphatic rings. The van der Waals surface area contributed by atoms with Crippen LogP contribution in [0.1, 0.15) is 36.3 Å². The minimum absolute atomic E-state index is 0.0285. The minimum atomic E-state index is -0.951. The van der Waals surface area contributed by atoms with Gasteiger partial charge in [0, 0.05) is 25.6 Å². The third-order valence-electron chi connectivity index (χ3n) is 6.34. The van der Waals surface area contributed by atoms with Crippen LogP contribution in [-0.4, -0.2) is 66.9 Å². The molecule has 2 amide bonds. The molecular formula is C25H28N2O6. The van der Waals surface area contributed by atoms with Crippen molar-refractivity contribution >= 4 is 18.0 Å². The summed E-state index contributed by atoms with van der Waals surface area (Å²) in [4.78, 5) is 38.3. The first-order valence-electron chi connectivity index (χ1n) is 11.1. The van der Waals surface area contributed by atoms with Crippen molar-refractivity contribution in [3.63, 3.8) is 0 Å². The summed E-state index contributed by atoms with van der Waals surface area (Å²) < 4.78 is 10.7. The molecular weight excluding hydrogens is 424 g/mol. The number of carboxylic acid groups (broad SMARTS) is 1. The molecule has 174 valence electrons. The van der Waals surface area contributed by atoms with Crippen molar-refractivity contribution in [2.75, 3.05) is 26.9 Å². The van der Waals surface area contributed by atoms with Crippen LogP contribution < -0.4 is 5.32 Å². The van der Waals surface area contributed by atoms with E-state index in [0.717, 1.165) is 28.7 Å². The first-order valence-corrected chi connectivity index (χ1v) is 11.1. The zero-order chi connectivity index (χ0) is 23.4. The van der Waals surface area contributed by atoms with Gasteiger partial charge in [-0.1, -0.05) is 48.5 Å². The first-order chi connectivity index (χ1) is 16.0. The number of likely N-dealkylation sites (tertiary alicyclic amines) is 1. The van der Waals surface area contributed by atoms with E-state index >= 15 is 0 Å². The number of amides is 2. The molecule has 0 aromatic heterocycles. The van der Waals surface area contributed by atoms with Crippen molar-refractivity contribution in [3.8, 4) is 11.1 Å². The van der Waals surface area contributed by atoms with Gasteiger partial charge in [-0.25, -0.2) is 4.79 Å². The van der Waals surface area contributed by atoms with Crippen LogP contribution in [0.2, 0.25) is 0 Å². The highest BCUT2D eigenvalue weighted by molar-refractivity contribution is 5.87. The van der Waals surface area contributed by atoms with Crippen LogP contribution in [0.25, 0.3) is 11.1 Å². The van der Waals surface area contributed by atoms with Gasteiger partial charge in [0.2, 0.25) is 5.91 Å². The van der Waals surface area contributed by atoms with Crippen molar-refractivity contribution in [3.05, 3.63) is 59.7 Å². The summed E-state index contributed by atoms with van der Waals surface area (Å²) in [6.07, 6.45) is 0.536. The van der Waals surface area contributed by atoms with Crippen LogP contribution in [0, 0.1) is 0 Å². The fourth-order valence-corrected chi connectivity index (χ4v) is 4.86. The summed E-state index contributed by atoms with van der Waals surface area (Å²) in [5.74, 6) is -1.39. The lowest BCUT2D eigenvalue weighted by atomic mass is 9.98. The molecule has 1 aliphatic carbocycles. The molecule has 0 bridgehead atoms. The Balaban J connectivity index is 1.41. The average Bonchev–Trinajstić information content (AvgIpc) is 3.39. The van der Waals surface area contributed by atoms with Gasteiger partial charge in [-0.05, 0) is 35.1 Å². The second kappa shape index (κ2) is 10.0. The van der Waals surface area contributed by atoms with Gasteiger partial charge in [-0.3, -0.25) is 9.59 Å². The van der Waals surface area contributed by atoms with E-state index in [9.17, 15) is 14.4 Å². The molecule has 33 heavy (non-hydrogen) atoms. The van der Waals surface area contributed by atoms with Crippen LogP contribution >= 0.6 is 0 Å². The highest BCUT2D eigenvalue weighted by Crippen LogP contribution is 2.44. The molecule has 0 unspecified atom stereocenters. The van der Waals surface area contributed by atoms with Gasteiger partial charge in [0.15, 0.2) is 0 Å². The van der Waals surface area contributed by atoms with Crippen LogP contribution in [-0.2, 0) is 19.1 Å². The fourth-order valence-electron chi connectivity index (χ4n) is 4.86. The van der Waals surface area contributed by atoms with Crippen molar-refractivity contribution in [2.45, 2.75) is 37.3 Å². The standard InChI is InChI=1S/C25H28N2O6/c1-32-15-22(24(30)27-12-6-7-16(27)13-23(28)29)26-25(31)33-14-21-19-10-4-2-8-17(19)18-9-3-5-11-20(18)21/h2-5,8-11,16,21-22H,6-7,12-15H2,1H3,(H,26,31)(H,28,29)/t16-,22+/m1/s1. The van der Waals surface area contributed by atoms with Gasteiger partial charge in [0.1, 0.15) is 12.6 Å². The number of methoxy groups -OCH3 is 1. The van der Waals surface area contributed by atoms with Gasteiger partial charge in [-0.2, -0.15) is 0 Å². The Labute approximate surface area is 192 Å². The van der Waals surface area contributed by atoms with E-state index in [1.54, 1.807) is 0 Å². The maximum atomic E-state index is 13.0. The van der Waals surface area contributed by atoms with Gasteiger partial charge in [-0.15, -0.1) is 0 Å². The first kappa shape index (κ1) is 22.8. The predicted molar refractivity (Wildman–Crippen MR) is 121 cm³/mol. The molecule has 1 aliphatic heterocycles. The molecule has 0 spiro atoms. The maximum absolute atomic E-state index is 13.0. The fraction of sp³-hybridized carbons (Fsp3) is 0.400. The van der Waals surface area contributed by atoms with Crippen molar-refractivity contribution in [1.29, 1.82) is 0 Å². The Morgan fingerprint density at radius 2 is 1.73 bits per heavy atom. The molecule has 2 atom stereocenters. The Morgan fingerprint density at radius 1 is 1.09 bits per heavy atom. The Bertz CT molecular complexity index is 994. The SMILES string of the molecule is COC[C@H](NC(=O)OCC1c2ccccc2-c2ccccc21)C(=O)N1CCC[C@@H]1CC(=O)O. The summed E-state index contributed by atoms with van der Waals surface area (Å²) in [6, 6.07) is 14.8. The third-order valence-corrected chi connectivity index (χ3v) is 6.34. The Morgan fingerprint density at radius 3 is 2.33 bits per heavy atom. The summed E-state index contributed by atoms with van der Waals surface area (Å²) in [6.45, 7) is 0.571. The number of rotatable bonds is 8. The Hall–Kier alpha value is -3.39. The number of fused-ring (bicyclic) bond motifs is 3. The second-order valence-electron chi connectivity index (χ2n) is 8.40. The molecule has 2 aromatic carbocycles. The Kier molecular flexibility index (Phi) is 6.93. The van der Waals surface area contributed by atoms with Gasteiger partial charge >= 0.3 is 12.1 Å². The normalized spacial score (nSPS) is 17.8. The number of alkyl carbamates (subject to hydrolysis) is 1. The lowest BCUT2D eigenvalue weighted by molar-refractivity contribution is -0.141. The zero-order valence-electron chi connectivity index (χ0n) is 18.5. The molecule has 1 saturated heterocycles. The number of carbonyl (C=O) groups excluding carboxylic acids is 2. The molecule has 1 fully saturated rings. The maximum Gasteiger partial charge on any atom is 0.407 e. The lowest BCUT2D eigenvalue weighted by Gasteiger charge is -2.28. The molecule has 2 N–H and O–H groups in total. The van der Waals surface area contributed by atoms with E-state index in [1.807, 2.05) is 36.4 Å². The number of ether oxygens (including phenoxy) is 2. The zero-order valence-corrected chi connectivity index (χ0v) is 18.5. The molecule has 0 radical (unpaired) electrons. The summed E-state index contributed by atoms with van der Waals surface area (Å²) in [7, 11) is 1.44. The van der Waals surface area contributed by atoms with Crippen molar-refractivity contribution in [1.82, 2.24) is 10.2 Å². The second-order valence-corrected chi connectivity index (χ2v) is 8.40. The van der Waals surface area contributed by atoms with Crippen molar-refractivity contribution < 1.29 is 29.0 Å². The number of nitrogens with one attached hydrogen (secondary N) is 1. The van der Waals surface area contributed by atoms with Gasteiger partial charge < -0.3 is 24.8 Å². The molecule has 8 heteroatoms. The summed E-state index contributed by atoms with van der Waals surface area (Å²) in [5.41, 5.74) is 4.47. The predicted octanol–water partition coefficient (Wildman–Crippen LogP) is 3.01. The largest absolute Gasteiger partial charge is 0.481 e. The molecule has 0 saturated carbocycles. The van der Waals surface area contributed by atoms with E-state index in [-0.39, 0.29) is 37.5 Å². The number of hydrogen-bond donors (Lipinski definition) is 2. The number of nitrogens with zero attached hydrogens (tertiary/aromatic N) is 1. The number of aliphatic carboxylic acids is 1. The smallest absolute Gasteiger partial charge is 0.407 e. The van der Waals surface area contributed by atoms with Crippen LogP contribution in [0.15, 0.2) is 48.5 Å². The minimum Gasteiger partial charge on any atom is -0.481 e. The molecule has 1 heterocycles.